The molecule has 1 N–H and O–H groups in total. The zero-order valence-electron chi connectivity index (χ0n) is 11.8. The molecule has 1 fully saturated rings. The van der Waals surface area contributed by atoms with E-state index < -0.39 is 0 Å². The molecule has 0 heterocycles. The summed E-state index contributed by atoms with van der Waals surface area (Å²) in [5, 5.41) is 2.89. The number of carbonyl (C=O) groups is 1. The van der Waals surface area contributed by atoms with Crippen LogP contribution in [0.25, 0.3) is 0 Å². The van der Waals surface area contributed by atoms with Crippen molar-refractivity contribution in [2.45, 2.75) is 39.7 Å². The van der Waals surface area contributed by atoms with Crippen LogP contribution in [0.5, 0.6) is 0 Å². The molecule has 1 amide bonds. The van der Waals surface area contributed by atoms with Crippen LogP contribution in [0.4, 0.5) is 4.79 Å². The smallest absolute Gasteiger partial charge is 0.407 e. The van der Waals surface area contributed by atoms with Crippen LogP contribution in [0.15, 0.2) is 30.3 Å². The first-order valence-electron chi connectivity index (χ1n) is 7.02. The fourth-order valence-electron chi connectivity index (χ4n) is 2.76. The molecule has 1 aliphatic carbocycles. The molecule has 3 nitrogen and oxygen atoms in total. The van der Waals surface area contributed by atoms with Gasteiger partial charge in [0.1, 0.15) is 6.61 Å². The van der Waals surface area contributed by atoms with Gasteiger partial charge in [-0.15, -0.1) is 0 Å². The fourth-order valence-corrected chi connectivity index (χ4v) is 2.76. The van der Waals surface area contributed by atoms with Gasteiger partial charge in [0.25, 0.3) is 0 Å². The summed E-state index contributed by atoms with van der Waals surface area (Å²) in [5.41, 5.74) is 1.35. The van der Waals surface area contributed by atoms with Gasteiger partial charge in [0, 0.05) is 6.54 Å². The van der Waals surface area contributed by atoms with Gasteiger partial charge in [-0.2, -0.15) is 0 Å². The van der Waals surface area contributed by atoms with Crippen molar-refractivity contribution < 1.29 is 9.53 Å². The predicted octanol–water partition coefficient (Wildman–Crippen LogP) is 3.74. The summed E-state index contributed by atoms with van der Waals surface area (Å²) >= 11 is 0. The van der Waals surface area contributed by atoms with Gasteiger partial charge in [0.2, 0.25) is 0 Å². The molecule has 0 bridgehead atoms. The largest absolute Gasteiger partial charge is 0.445 e. The van der Waals surface area contributed by atoms with E-state index in [0.717, 1.165) is 12.1 Å². The number of ether oxygens (including phenoxy) is 1. The molecule has 1 unspecified atom stereocenters. The number of alkyl carbamates (subject to hydrolysis) is 1. The Balaban J connectivity index is 1.70. The SMILES string of the molecule is CC1(C)CCCC1CNC(=O)OCc1ccccc1. The number of hydrogen-bond acceptors (Lipinski definition) is 2. The Kier molecular flexibility index (Phi) is 4.46. The number of benzene rings is 1. The lowest BCUT2D eigenvalue weighted by Crippen LogP contribution is -2.33. The highest BCUT2D eigenvalue weighted by molar-refractivity contribution is 5.67. The topological polar surface area (TPSA) is 38.3 Å². The number of nitrogens with one attached hydrogen (secondary N) is 1. The van der Waals surface area contributed by atoms with Crippen LogP contribution >= 0.6 is 0 Å². The fraction of sp³-hybridized carbons (Fsp3) is 0.562. The molecule has 1 aliphatic rings. The lowest BCUT2D eigenvalue weighted by Gasteiger charge is -2.26. The molecule has 1 atom stereocenters. The van der Waals surface area contributed by atoms with E-state index in [1.54, 1.807) is 0 Å². The number of rotatable bonds is 4. The summed E-state index contributed by atoms with van der Waals surface area (Å²) in [7, 11) is 0. The molecule has 1 saturated carbocycles. The minimum atomic E-state index is -0.313. The van der Waals surface area contributed by atoms with E-state index in [0.29, 0.717) is 17.9 Å². The Morgan fingerprint density at radius 3 is 2.74 bits per heavy atom. The van der Waals surface area contributed by atoms with Gasteiger partial charge in [-0.05, 0) is 29.7 Å². The van der Waals surface area contributed by atoms with Crippen LogP contribution in [0.1, 0.15) is 38.7 Å². The zero-order chi connectivity index (χ0) is 13.7. The first-order chi connectivity index (χ1) is 9.08. The lowest BCUT2D eigenvalue weighted by atomic mass is 9.82. The number of carbonyl (C=O) groups excluding carboxylic acids is 1. The summed E-state index contributed by atoms with van der Waals surface area (Å²) in [6.07, 6.45) is 3.40. The van der Waals surface area contributed by atoms with Crippen molar-refractivity contribution in [3.05, 3.63) is 35.9 Å². The summed E-state index contributed by atoms with van der Waals surface area (Å²) in [5.74, 6) is 0.566. The average Bonchev–Trinajstić information content (AvgIpc) is 2.74. The maximum absolute atomic E-state index is 11.7. The third-order valence-corrected chi connectivity index (χ3v) is 4.18. The van der Waals surface area contributed by atoms with Crippen molar-refractivity contribution in [3.8, 4) is 0 Å². The van der Waals surface area contributed by atoms with E-state index in [9.17, 15) is 4.79 Å². The first kappa shape index (κ1) is 13.9. The molecule has 0 aliphatic heterocycles. The van der Waals surface area contributed by atoms with Crippen LogP contribution in [0, 0.1) is 11.3 Å². The third kappa shape index (κ3) is 3.98. The van der Waals surface area contributed by atoms with Gasteiger partial charge in [0.05, 0.1) is 0 Å². The molecule has 0 saturated heterocycles. The molecule has 3 heteroatoms. The zero-order valence-corrected chi connectivity index (χ0v) is 11.8. The molecule has 2 rings (SSSR count). The maximum atomic E-state index is 11.7. The van der Waals surface area contributed by atoms with Crippen LogP contribution < -0.4 is 5.32 Å². The minimum absolute atomic E-state index is 0.313. The van der Waals surface area contributed by atoms with Gasteiger partial charge in [-0.25, -0.2) is 4.79 Å². The van der Waals surface area contributed by atoms with Crippen LogP contribution in [0.3, 0.4) is 0 Å². The predicted molar refractivity (Wildman–Crippen MR) is 75.8 cm³/mol. The van der Waals surface area contributed by atoms with Crippen LogP contribution in [0.2, 0.25) is 0 Å². The third-order valence-electron chi connectivity index (χ3n) is 4.18. The van der Waals surface area contributed by atoms with Crippen molar-refractivity contribution in [2.75, 3.05) is 6.54 Å². The second-order valence-corrected chi connectivity index (χ2v) is 6.02. The molecule has 1 aromatic rings. The first-order valence-corrected chi connectivity index (χ1v) is 7.02. The van der Waals surface area contributed by atoms with Gasteiger partial charge in [0.15, 0.2) is 0 Å². The highest BCUT2D eigenvalue weighted by Crippen LogP contribution is 2.41. The second-order valence-electron chi connectivity index (χ2n) is 6.02. The molecule has 0 radical (unpaired) electrons. The van der Waals surface area contributed by atoms with Gasteiger partial charge >= 0.3 is 6.09 Å². The van der Waals surface area contributed by atoms with E-state index in [2.05, 4.69) is 19.2 Å². The van der Waals surface area contributed by atoms with E-state index in [-0.39, 0.29) is 6.09 Å². The van der Waals surface area contributed by atoms with Crippen molar-refractivity contribution >= 4 is 6.09 Å². The van der Waals surface area contributed by atoms with Crippen LogP contribution in [-0.2, 0) is 11.3 Å². The van der Waals surface area contributed by atoms with Gasteiger partial charge in [-0.1, -0.05) is 50.6 Å². The maximum Gasteiger partial charge on any atom is 0.407 e. The highest BCUT2D eigenvalue weighted by Gasteiger charge is 2.34. The molecule has 1 aromatic carbocycles. The molecule has 0 aromatic heterocycles. The Morgan fingerprint density at radius 2 is 2.11 bits per heavy atom. The molecule has 104 valence electrons. The monoisotopic (exact) mass is 261 g/mol. The lowest BCUT2D eigenvalue weighted by molar-refractivity contribution is 0.134. The average molecular weight is 261 g/mol. The van der Waals surface area contributed by atoms with Crippen molar-refractivity contribution in [1.29, 1.82) is 0 Å². The molecule has 0 spiro atoms. The van der Waals surface area contributed by atoms with Crippen molar-refractivity contribution in [3.63, 3.8) is 0 Å². The minimum Gasteiger partial charge on any atom is -0.445 e. The quantitative estimate of drug-likeness (QED) is 0.896. The van der Waals surface area contributed by atoms with E-state index in [4.69, 9.17) is 4.74 Å². The summed E-state index contributed by atoms with van der Waals surface area (Å²) in [6.45, 7) is 5.62. The summed E-state index contributed by atoms with van der Waals surface area (Å²) in [6, 6.07) is 9.74. The van der Waals surface area contributed by atoms with Gasteiger partial charge < -0.3 is 10.1 Å². The van der Waals surface area contributed by atoms with Crippen LogP contribution in [-0.4, -0.2) is 12.6 Å². The Labute approximate surface area is 115 Å². The highest BCUT2D eigenvalue weighted by atomic mass is 16.5. The normalized spacial score (nSPS) is 21.1. The second kappa shape index (κ2) is 6.09. The number of hydrogen-bond donors (Lipinski definition) is 1. The Hall–Kier alpha value is -1.51. The number of amides is 1. The molecule has 19 heavy (non-hydrogen) atoms. The van der Waals surface area contributed by atoms with E-state index in [1.807, 2.05) is 30.3 Å². The van der Waals surface area contributed by atoms with Crippen molar-refractivity contribution in [1.82, 2.24) is 5.32 Å². The van der Waals surface area contributed by atoms with Gasteiger partial charge in [-0.3, -0.25) is 0 Å². The molecular weight excluding hydrogens is 238 g/mol. The van der Waals surface area contributed by atoms with E-state index >= 15 is 0 Å². The Morgan fingerprint density at radius 1 is 1.37 bits per heavy atom. The molecular formula is C16H23NO2. The summed E-state index contributed by atoms with van der Waals surface area (Å²) < 4.78 is 5.21. The Bertz CT molecular complexity index is 414. The summed E-state index contributed by atoms with van der Waals surface area (Å²) in [4.78, 5) is 11.7. The standard InChI is InChI=1S/C16H23NO2/c1-16(2)10-6-9-14(16)11-17-15(18)19-12-13-7-4-3-5-8-13/h3-5,7-8,14H,6,9-12H2,1-2H3,(H,17,18). The van der Waals surface area contributed by atoms with E-state index in [1.165, 1.54) is 19.3 Å². The van der Waals surface area contributed by atoms with Crippen molar-refractivity contribution in [2.24, 2.45) is 11.3 Å².